The van der Waals surface area contributed by atoms with Gasteiger partial charge in [-0.1, -0.05) is 43.0 Å². The SMILES string of the molecule is C=C.C=Cc1c(C)cc2ccccc2c1F. The molecule has 0 saturated heterocycles. The molecule has 16 heavy (non-hydrogen) atoms. The third-order valence-electron chi connectivity index (χ3n) is 2.43. The van der Waals surface area contributed by atoms with Crippen molar-refractivity contribution >= 4 is 16.8 Å². The third kappa shape index (κ3) is 2.03. The predicted molar refractivity (Wildman–Crippen MR) is 70.0 cm³/mol. The van der Waals surface area contributed by atoms with E-state index in [1.165, 1.54) is 0 Å². The molecule has 0 atom stereocenters. The molecule has 0 N–H and O–H groups in total. The lowest BCUT2D eigenvalue weighted by molar-refractivity contribution is 0.636. The Hall–Kier alpha value is -1.89. The summed E-state index contributed by atoms with van der Waals surface area (Å²) in [5, 5.41) is 1.60. The van der Waals surface area contributed by atoms with E-state index in [4.69, 9.17) is 0 Å². The van der Waals surface area contributed by atoms with E-state index >= 15 is 0 Å². The second-order valence-corrected chi connectivity index (χ2v) is 3.35. The Labute approximate surface area is 95.7 Å². The number of halogens is 1. The van der Waals surface area contributed by atoms with Gasteiger partial charge in [0.25, 0.3) is 0 Å². The maximum Gasteiger partial charge on any atom is 0.138 e. The van der Waals surface area contributed by atoms with Crippen LogP contribution in [0.15, 0.2) is 50.1 Å². The van der Waals surface area contributed by atoms with Gasteiger partial charge < -0.3 is 0 Å². The van der Waals surface area contributed by atoms with E-state index < -0.39 is 0 Å². The van der Waals surface area contributed by atoms with Crippen LogP contribution in [0, 0.1) is 12.7 Å². The second-order valence-electron chi connectivity index (χ2n) is 3.35. The van der Waals surface area contributed by atoms with Crippen LogP contribution < -0.4 is 0 Å². The molecular weight excluding hydrogens is 199 g/mol. The van der Waals surface area contributed by atoms with Crippen molar-refractivity contribution < 1.29 is 4.39 Å². The highest BCUT2D eigenvalue weighted by molar-refractivity contribution is 5.86. The molecule has 2 rings (SSSR count). The molecule has 0 aliphatic rings. The van der Waals surface area contributed by atoms with Crippen molar-refractivity contribution in [2.45, 2.75) is 6.92 Å². The average molecular weight is 214 g/mol. The quantitative estimate of drug-likeness (QED) is 0.602. The van der Waals surface area contributed by atoms with Gasteiger partial charge in [-0.15, -0.1) is 13.2 Å². The van der Waals surface area contributed by atoms with E-state index in [0.717, 1.165) is 10.9 Å². The van der Waals surface area contributed by atoms with Crippen molar-refractivity contribution in [3.8, 4) is 0 Å². The largest absolute Gasteiger partial charge is 0.206 e. The summed E-state index contributed by atoms with van der Waals surface area (Å²) >= 11 is 0. The van der Waals surface area contributed by atoms with Gasteiger partial charge in [-0.2, -0.15) is 0 Å². The van der Waals surface area contributed by atoms with Crippen molar-refractivity contribution in [1.29, 1.82) is 0 Å². The molecule has 1 heteroatoms. The van der Waals surface area contributed by atoms with Gasteiger partial charge in [-0.25, -0.2) is 4.39 Å². The number of hydrogen-bond donors (Lipinski definition) is 0. The van der Waals surface area contributed by atoms with Crippen LogP contribution >= 0.6 is 0 Å². The number of benzene rings is 2. The lowest BCUT2D eigenvalue weighted by Crippen LogP contribution is -1.89. The Balaban J connectivity index is 0.000000606. The first-order chi connectivity index (χ1) is 7.74. The second kappa shape index (κ2) is 5.26. The van der Waals surface area contributed by atoms with Gasteiger partial charge in [0, 0.05) is 10.9 Å². The monoisotopic (exact) mass is 214 g/mol. The molecule has 0 aromatic heterocycles. The molecule has 2 aromatic carbocycles. The molecule has 0 aliphatic carbocycles. The number of fused-ring (bicyclic) bond motifs is 1. The minimum Gasteiger partial charge on any atom is -0.206 e. The van der Waals surface area contributed by atoms with E-state index in [1.54, 1.807) is 12.1 Å². The van der Waals surface area contributed by atoms with Gasteiger partial charge in [0.2, 0.25) is 0 Å². The molecule has 0 amide bonds. The summed E-state index contributed by atoms with van der Waals surface area (Å²) in [5.74, 6) is -0.171. The molecule has 0 radical (unpaired) electrons. The molecule has 0 heterocycles. The highest BCUT2D eigenvalue weighted by Crippen LogP contribution is 2.24. The zero-order valence-corrected chi connectivity index (χ0v) is 9.46. The third-order valence-corrected chi connectivity index (χ3v) is 2.43. The summed E-state index contributed by atoms with van der Waals surface area (Å²) in [6.45, 7) is 11.5. The van der Waals surface area contributed by atoms with Crippen molar-refractivity contribution in [1.82, 2.24) is 0 Å². The Morgan fingerprint density at radius 2 is 1.81 bits per heavy atom. The molecule has 0 saturated carbocycles. The first-order valence-electron chi connectivity index (χ1n) is 5.04. The standard InChI is InChI=1S/C13H11F.C2H4/c1-3-11-9(2)8-10-6-4-5-7-12(10)13(11)14;1-2/h3-8H,1H2,2H3;1-2H2. The summed E-state index contributed by atoms with van der Waals surface area (Å²) in [5.41, 5.74) is 1.53. The minimum absolute atomic E-state index is 0.171. The normalized spacial score (nSPS) is 9.38. The van der Waals surface area contributed by atoms with Gasteiger partial charge >= 0.3 is 0 Å². The predicted octanol–water partition coefficient (Wildman–Crippen LogP) is 4.73. The van der Waals surface area contributed by atoms with Crippen molar-refractivity contribution in [2.75, 3.05) is 0 Å². The fourth-order valence-electron chi connectivity index (χ4n) is 1.70. The molecule has 0 aliphatic heterocycles. The minimum atomic E-state index is -0.171. The molecule has 2 aromatic rings. The van der Waals surface area contributed by atoms with Crippen LogP contribution in [0.1, 0.15) is 11.1 Å². The van der Waals surface area contributed by atoms with Gasteiger partial charge in [0.15, 0.2) is 0 Å². The summed E-state index contributed by atoms with van der Waals surface area (Å²) in [4.78, 5) is 0. The summed E-state index contributed by atoms with van der Waals surface area (Å²) in [6.07, 6.45) is 1.57. The molecule has 0 nitrogen and oxygen atoms in total. The van der Waals surface area contributed by atoms with Crippen LogP contribution in [0.25, 0.3) is 16.8 Å². The van der Waals surface area contributed by atoms with Crippen LogP contribution in [0.3, 0.4) is 0 Å². The van der Waals surface area contributed by atoms with Crippen molar-refractivity contribution in [2.24, 2.45) is 0 Å². The van der Waals surface area contributed by atoms with E-state index in [1.807, 2.05) is 31.2 Å². The first kappa shape index (κ1) is 12.2. The van der Waals surface area contributed by atoms with Crippen molar-refractivity contribution in [3.63, 3.8) is 0 Å². The van der Waals surface area contributed by atoms with Crippen LogP contribution in [-0.2, 0) is 0 Å². The summed E-state index contributed by atoms with van der Waals surface area (Å²) in [6, 6.07) is 9.44. The highest BCUT2D eigenvalue weighted by Gasteiger charge is 2.07. The molecule has 0 spiro atoms. The molecule has 82 valence electrons. The van der Waals surface area contributed by atoms with E-state index in [0.29, 0.717) is 10.9 Å². The fraction of sp³-hybridized carbons (Fsp3) is 0.0667. The van der Waals surface area contributed by atoms with E-state index in [2.05, 4.69) is 19.7 Å². The van der Waals surface area contributed by atoms with Crippen LogP contribution in [0.4, 0.5) is 4.39 Å². The summed E-state index contributed by atoms with van der Waals surface area (Å²) in [7, 11) is 0. The van der Waals surface area contributed by atoms with Gasteiger partial charge in [-0.05, 0) is 17.9 Å². The zero-order valence-electron chi connectivity index (χ0n) is 9.46. The number of aryl methyl sites for hydroxylation is 1. The highest BCUT2D eigenvalue weighted by atomic mass is 19.1. The maximum absolute atomic E-state index is 13.9. The maximum atomic E-state index is 13.9. The molecule has 0 bridgehead atoms. The molecule has 0 fully saturated rings. The average Bonchev–Trinajstić information content (AvgIpc) is 2.32. The number of rotatable bonds is 1. The lowest BCUT2D eigenvalue weighted by atomic mass is 10.0. The van der Waals surface area contributed by atoms with Crippen LogP contribution in [0.2, 0.25) is 0 Å². The van der Waals surface area contributed by atoms with Gasteiger partial charge in [0.1, 0.15) is 5.82 Å². The molecule has 0 unspecified atom stereocenters. The van der Waals surface area contributed by atoms with Crippen LogP contribution in [-0.4, -0.2) is 0 Å². The van der Waals surface area contributed by atoms with Crippen LogP contribution in [0.5, 0.6) is 0 Å². The molecular formula is C15H15F. The zero-order chi connectivity index (χ0) is 12.1. The van der Waals surface area contributed by atoms with Gasteiger partial charge in [-0.3, -0.25) is 0 Å². The van der Waals surface area contributed by atoms with E-state index in [-0.39, 0.29) is 5.82 Å². The summed E-state index contributed by atoms with van der Waals surface area (Å²) < 4.78 is 13.9. The van der Waals surface area contributed by atoms with Crippen molar-refractivity contribution in [3.05, 3.63) is 67.0 Å². The Morgan fingerprint density at radius 1 is 1.19 bits per heavy atom. The Morgan fingerprint density at radius 3 is 2.44 bits per heavy atom. The topological polar surface area (TPSA) is 0 Å². The first-order valence-corrected chi connectivity index (χ1v) is 5.04. The van der Waals surface area contributed by atoms with E-state index in [9.17, 15) is 4.39 Å². The van der Waals surface area contributed by atoms with Gasteiger partial charge in [0.05, 0.1) is 0 Å². The lowest BCUT2D eigenvalue weighted by Gasteiger charge is -2.06. The smallest absolute Gasteiger partial charge is 0.138 e. The fourth-order valence-corrected chi connectivity index (χ4v) is 1.70. The Kier molecular flexibility index (Phi) is 4.01. The number of hydrogen-bond acceptors (Lipinski definition) is 0. The Bertz CT molecular complexity index is 512.